The summed E-state index contributed by atoms with van der Waals surface area (Å²) in [6.45, 7) is 12.7. The molecule has 0 aliphatic carbocycles. The molecule has 0 saturated carbocycles. The van der Waals surface area contributed by atoms with Gasteiger partial charge < -0.3 is 20.3 Å². The van der Waals surface area contributed by atoms with E-state index in [-0.39, 0.29) is 17.8 Å². The van der Waals surface area contributed by atoms with Crippen molar-refractivity contribution in [3.05, 3.63) is 88.5 Å². The lowest BCUT2D eigenvalue weighted by molar-refractivity contribution is -0.125. The molecule has 1 atom stereocenters. The van der Waals surface area contributed by atoms with Crippen LogP contribution >= 0.6 is 0 Å². The Morgan fingerprint density at radius 2 is 1.51 bits per heavy atom. The van der Waals surface area contributed by atoms with Crippen molar-refractivity contribution in [2.75, 3.05) is 30.4 Å². The summed E-state index contributed by atoms with van der Waals surface area (Å²) in [5, 5.41) is 6.16. The molecule has 2 aliphatic rings. The highest BCUT2D eigenvalue weighted by molar-refractivity contribution is 6.14. The van der Waals surface area contributed by atoms with Gasteiger partial charge in [0.05, 0.1) is 7.11 Å². The minimum Gasteiger partial charge on any atom is -0.497 e. The Morgan fingerprint density at radius 3 is 2.09 bits per heavy atom. The van der Waals surface area contributed by atoms with Gasteiger partial charge >= 0.3 is 6.03 Å². The minimum atomic E-state index is -0.761. The molecule has 1 fully saturated rings. The van der Waals surface area contributed by atoms with Crippen LogP contribution in [0.1, 0.15) is 66.2 Å². The van der Waals surface area contributed by atoms with Crippen LogP contribution < -0.4 is 20.3 Å². The van der Waals surface area contributed by atoms with E-state index in [1.54, 1.807) is 41.2 Å². The summed E-state index contributed by atoms with van der Waals surface area (Å²) in [4.78, 5) is 45.6. The summed E-state index contributed by atoms with van der Waals surface area (Å²) in [6, 6.07) is 18.2. The third-order valence-electron chi connectivity index (χ3n) is 8.62. The lowest BCUT2D eigenvalue weighted by Gasteiger charge is -2.44. The van der Waals surface area contributed by atoms with Crippen molar-refractivity contribution < 1.29 is 19.1 Å². The summed E-state index contributed by atoms with van der Waals surface area (Å²) in [6.07, 6.45) is 1.08. The Kier molecular flexibility index (Phi) is 7.99. The average molecular weight is 583 g/mol. The molecule has 1 spiro atoms. The molecule has 4 amide bonds. The van der Waals surface area contributed by atoms with E-state index >= 15 is 0 Å². The first-order valence-electron chi connectivity index (χ1n) is 14.9. The van der Waals surface area contributed by atoms with Gasteiger partial charge in [0, 0.05) is 41.0 Å². The number of hydrogen-bond acceptors (Lipinski definition) is 4. The van der Waals surface area contributed by atoms with Crippen LogP contribution in [-0.4, -0.2) is 54.5 Å². The van der Waals surface area contributed by atoms with E-state index in [1.807, 2.05) is 77.9 Å². The number of para-hydroxylation sites is 1. The van der Waals surface area contributed by atoms with E-state index in [0.29, 0.717) is 42.9 Å². The number of benzene rings is 3. The number of nitrogens with zero attached hydrogens (tertiary/aromatic N) is 2. The maximum Gasteiger partial charge on any atom is 0.321 e. The number of urea groups is 1. The quantitative estimate of drug-likeness (QED) is 0.387. The Hall–Kier alpha value is -4.33. The summed E-state index contributed by atoms with van der Waals surface area (Å²) in [5.74, 6) is 0.358. The second-order valence-corrected chi connectivity index (χ2v) is 12.9. The number of likely N-dealkylation sites (tertiary alicyclic amines) is 1. The molecule has 8 nitrogen and oxygen atoms in total. The number of amides is 4. The van der Waals surface area contributed by atoms with E-state index in [4.69, 9.17) is 4.74 Å². The lowest BCUT2D eigenvalue weighted by Crippen LogP contribution is -2.61. The van der Waals surface area contributed by atoms with E-state index in [0.717, 1.165) is 27.9 Å². The Morgan fingerprint density at radius 1 is 0.907 bits per heavy atom. The van der Waals surface area contributed by atoms with Crippen molar-refractivity contribution >= 4 is 29.2 Å². The van der Waals surface area contributed by atoms with E-state index < -0.39 is 17.0 Å². The van der Waals surface area contributed by atoms with Gasteiger partial charge in [0.25, 0.3) is 5.91 Å². The topological polar surface area (TPSA) is 91.0 Å². The third kappa shape index (κ3) is 5.70. The second-order valence-electron chi connectivity index (χ2n) is 12.9. The number of hydrogen-bond donors (Lipinski definition) is 2. The summed E-state index contributed by atoms with van der Waals surface area (Å²) in [7, 11) is 1.60. The van der Waals surface area contributed by atoms with Crippen LogP contribution in [0.5, 0.6) is 5.75 Å². The second kappa shape index (κ2) is 11.4. The minimum absolute atomic E-state index is 0.173. The fraction of sp³-hybridized carbons (Fsp3) is 0.400. The van der Waals surface area contributed by atoms with Gasteiger partial charge in [-0.3, -0.25) is 14.5 Å². The highest BCUT2D eigenvalue weighted by Crippen LogP contribution is 2.52. The van der Waals surface area contributed by atoms with Crippen LogP contribution in [0.3, 0.4) is 0 Å². The summed E-state index contributed by atoms with van der Waals surface area (Å²) < 4.78 is 5.22. The molecule has 3 aromatic carbocycles. The first-order chi connectivity index (χ1) is 20.3. The Balaban J connectivity index is 1.50. The number of ether oxygens (including phenoxy) is 1. The molecular formula is C35H42N4O4. The van der Waals surface area contributed by atoms with Gasteiger partial charge in [0.1, 0.15) is 11.8 Å². The number of piperidine rings is 1. The SMILES string of the molecule is COc1ccc(NC(=O)N2CCC3(CC2)c2ccccc2N(C(=O)c2c(C)cc(C)cc2C)C3C(=O)NC(C)(C)C)cc1. The third-order valence-corrected chi connectivity index (χ3v) is 8.62. The number of anilines is 2. The Bertz CT molecular complexity index is 1530. The van der Waals surface area contributed by atoms with Crippen molar-refractivity contribution in [3.63, 3.8) is 0 Å². The van der Waals surface area contributed by atoms with Crippen molar-refractivity contribution in [1.82, 2.24) is 10.2 Å². The number of carbonyl (C=O) groups excluding carboxylic acids is 3. The fourth-order valence-electron chi connectivity index (χ4n) is 6.84. The molecule has 8 heteroatoms. The number of nitrogens with one attached hydrogen (secondary N) is 2. The molecule has 2 heterocycles. The highest BCUT2D eigenvalue weighted by Gasteiger charge is 2.57. The van der Waals surface area contributed by atoms with Gasteiger partial charge in [-0.1, -0.05) is 35.9 Å². The molecule has 1 unspecified atom stereocenters. The van der Waals surface area contributed by atoms with E-state index in [9.17, 15) is 14.4 Å². The zero-order valence-electron chi connectivity index (χ0n) is 26.2. The van der Waals surface area contributed by atoms with Crippen molar-refractivity contribution in [2.45, 2.75) is 71.4 Å². The monoisotopic (exact) mass is 582 g/mol. The van der Waals surface area contributed by atoms with Gasteiger partial charge in [-0.15, -0.1) is 0 Å². The van der Waals surface area contributed by atoms with Crippen LogP contribution in [0.15, 0.2) is 60.7 Å². The fourth-order valence-corrected chi connectivity index (χ4v) is 6.84. The largest absolute Gasteiger partial charge is 0.497 e. The summed E-state index contributed by atoms with van der Waals surface area (Å²) in [5.41, 5.74) is 4.78. The molecule has 0 radical (unpaired) electrons. The maximum absolute atomic E-state index is 14.6. The Labute approximate surface area is 254 Å². The van der Waals surface area contributed by atoms with Crippen LogP contribution in [0.4, 0.5) is 16.2 Å². The van der Waals surface area contributed by atoms with Gasteiger partial charge in [0.15, 0.2) is 0 Å². The highest BCUT2D eigenvalue weighted by atomic mass is 16.5. The summed E-state index contributed by atoms with van der Waals surface area (Å²) >= 11 is 0. The lowest BCUT2D eigenvalue weighted by atomic mass is 9.69. The molecule has 226 valence electrons. The van der Waals surface area contributed by atoms with Gasteiger partial charge in [-0.2, -0.15) is 0 Å². The molecule has 5 rings (SSSR count). The standard InChI is InChI=1S/C35H42N4O4/c1-22-20-23(2)29(24(3)21-22)32(41)39-28-11-9-8-10-27(28)35(30(39)31(40)37-34(4,5)6)16-18-38(19-17-35)33(42)36-25-12-14-26(43-7)15-13-25/h8-15,20-21,30H,16-19H2,1-7H3,(H,36,42)(H,37,40). The number of carbonyl (C=O) groups is 3. The zero-order chi connectivity index (χ0) is 31.1. The molecule has 0 bridgehead atoms. The molecule has 43 heavy (non-hydrogen) atoms. The normalized spacial score (nSPS) is 17.4. The van der Waals surface area contributed by atoms with E-state index in [1.165, 1.54) is 0 Å². The van der Waals surface area contributed by atoms with Crippen LogP contribution in [0.2, 0.25) is 0 Å². The van der Waals surface area contributed by atoms with Gasteiger partial charge in [0.2, 0.25) is 5.91 Å². The number of fused-ring (bicyclic) bond motifs is 2. The first-order valence-corrected chi connectivity index (χ1v) is 14.9. The predicted octanol–water partition coefficient (Wildman–Crippen LogP) is 6.13. The van der Waals surface area contributed by atoms with Crippen LogP contribution in [-0.2, 0) is 10.2 Å². The van der Waals surface area contributed by atoms with Crippen LogP contribution in [0.25, 0.3) is 0 Å². The maximum atomic E-state index is 14.6. The number of methoxy groups -OCH3 is 1. The molecule has 2 aliphatic heterocycles. The van der Waals surface area contributed by atoms with Crippen molar-refractivity contribution in [3.8, 4) is 5.75 Å². The molecular weight excluding hydrogens is 540 g/mol. The van der Waals surface area contributed by atoms with Gasteiger partial charge in [-0.05, 0) is 101 Å². The smallest absolute Gasteiger partial charge is 0.321 e. The van der Waals surface area contributed by atoms with E-state index in [2.05, 4.69) is 10.6 Å². The molecule has 0 aromatic heterocycles. The number of rotatable bonds is 4. The molecule has 3 aromatic rings. The zero-order valence-corrected chi connectivity index (χ0v) is 26.2. The van der Waals surface area contributed by atoms with Crippen molar-refractivity contribution in [1.29, 1.82) is 0 Å². The molecule has 1 saturated heterocycles. The van der Waals surface area contributed by atoms with Crippen molar-refractivity contribution in [2.24, 2.45) is 0 Å². The first kappa shape index (κ1) is 30.1. The van der Waals surface area contributed by atoms with Gasteiger partial charge in [-0.25, -0.2) is 4.79 Å². The van der Waals surface area contributed by atoms with Crippen LogP contribution in [0, 0.1) is 20.8 Å². The molecule has 2 N–H and O–H groups in total. The predicted molar refractivity (Wildman–Crippen MR) is 170 cm³/mol. The average Bonchev–Trinajstić information content (AvgIpc) is 3.22. The number of aryl methyl sites for hydroxylation is 3.